The first-order chi connectivity index (χ1) is 3.06. The summed E-state index contributed by atoms with van der Waals surface area (Å²) in [5.41, 5.74) is -0.700. The molecule has 0 atom stereocenters. The van der Waals surface area contributed by atoms with Crippen LogP contribution in [0.25, 0.3) is 0 Å². The van der Waals surface area contributed by atoms with Crippen molar-refractivity contribution >= 4 is 0 Å². The predicted molar refractivity (Wildman–Crippen MR) is 35.0 cm³/mol. The number of hydrogen-bond donors (Lipinski definition) is 1. The molecule has 2 nitrogen and oxygen atoms in total. The molecule has 2 heteroatoms. The first kappa shape index (κ1) is 10.8. The van der Waals surface area contributed by atoms with Crippen molar-refractivity contribution in [3.8, 4) is 0 Å². The Labute approximate surface area is 51.5 Å². The van der Waals surface area contributed by atoms with Crippen molar-refractivity contribution in [1.29, 1.82) is 0 Å². The van der Waals surface area contributed by atoms with Crippen LogP contribution in [0.15, 0.2) is 0 Å². The standard InChI is InChI=1S/C6H13O.H3N/c1-4-5-6(2,3)7;/h4-5H2,1-3H3;1H3/q-1;/p+1. The summed E-state index contributed by atoms with van der Waals surface area (Å²) in [6.07, 6.45) is 1.78. The molecular formula is C6H17NO. The second-order valence-electron chi connectivity index (χ2n) is 2.51. The fourth-order valence-electron chi connectivity index (χ4n) is 0.602. The van der Waals surface area contributed by atoms with Gasteiger partial charge in [-0.25, -0.2) is 0 Å². The van der Waals surface area contributed by atoms with E-state index in [-0.39, 0.29) is 6.15 Å². The van der Waals surface area contributed by atoms with E-state index in [0.29, 0.717) is 0 Å². The Hall–Kier alpha value is -0.0800. The SMILES string of the molecule is CCCC(C)(C)[O-].[NH4+]. The topological polar surface area (TPSA) is 59.6 Å². The van der Waals surface area contributed by atoms with Gasteiger partial charge in [0.15, 0.2) is 0 Å². The van der Waals surface area contributed by atoms with Crippen LogP contribution in [0.5, 0.6) is 0 Å². The van der Waals surface area contributed by atoms with Crippen LogP contribution in [0.2, 0.25) is 0 Å². The van der Waals surface area contributed by atoms with E-state index in [0.717, 1.165) is 12.8 Å². The Morgan fingerprint density at radius 2 is 1.75 bits per heavy atom. The van der Waals surface area contributed by atoms with Gasteiger partial charge in [-0.05, 0) is 0 Å². The van der Waals surface area contributed by atoms with Crippen molar-refractivity contribution in [2.75, 3.05) is 0 Å². The van der Waals surface area contributed by atoms with Gasteiger partial charge in [0.25, 0.3) is 0 Å². The van der Waals surface area contributed by atoms with Crippen molar-refractivity contribution in [2.24, 2.45) is 0 Å². The van der Waals surface area contributed by atoms with E-state index in [1.165, 1.54) is 0 Å². The average Bonchev–Trinajstić information content (AvgIpc) is 1.30. The highest BCUT2D eigenvalue weighted by Gasteiger charge is 1.96. The van der Waals surface area contributed by atoms with Crippen LogP contribution >= 0.6 is 0 Å². The maximum absolute atomic E-state index is 10.7. The third-order valence-electron chi connectivity index (χ3n) is 0.852. The minimum atomic E-state index is -0.700. The van der Waals surface area contributed by atoms with E-state index in [4.69, 9.17) is 0 Å². The molecule has 0 aromatic heterocycles. The van der Waals surface area contributed by atoms with Gasteiger partial charge in [-0.3, -0.25) is 0 Å². The Morgan fingerprint density at radius 3 is 1.75 bits per heavy atom. The van der Waals surface area contributed by atoms with Gasteiger partial charge in [0.2, 0.25) is 0 Å². The molecule has 0 spiro atoms. The Morgan fingerprint density at radius 1 is 1.38 bits per heavy atom. The number of hydrogen-bond acceptors (Lipinski definition) is 1. The molecule has 0 unspecified atom stereocenters. The van der Waals surface area contributed by atoms with E-state index >= 15 is 0 Å². The highest BCUT2D eigenvalue weighted by molar-refractivity contribution is 4.59. The van der Waals surface area contributed by atoms with Gasteiger partial charge < -0.3 is 11.3 Å². The quantitative estimate of drug-likeness (QED) is 0.585. The molecule has 0 saturated heterocycles. The summed E-state index contributed by atoms with van der Waals surface area (Å²) in [5.74, 6) is 0. The van der Waals surface area contributed by atoms with Crippen molar-refractivity contribution in [2.45, 2.75) is 39.2 Å². The van der Waals surface area contributed by atoms with E-state index in [1.54, 1.807) is 13.8 Å². The van der Waals surface area contributed by atoms with Crippen molar-refractivity contribution < 1.29 is 5.11 Å². The molecule has 0 aliphatic carbocycles. The van der Waals surface area contributed by atoms with Crippen LogP contribution in [0.1, 0.15) is 33.6 Å². The Kier molecular flexibility index (Phi) is 5.23. The van der Waals surface area contributed by atoms with Crippen LogP contribution < -0.4 is 11.3 Å². The zero-order valence-electron chi connectivity index (χ0n) is 6.32. The Bertz CT molecular complexity index is 47.0. The van der Waals surface area contributed by atoms with Crippen LogP contribution in [-0.4, -0.2) is 5.60 Å². The number of rotatable bonds is 2. The fraction of sp³-hybridized carbons (Fsp3) is 1.00. The molecule has 0 fully saturated rings. The number of quaternary nitrogens is 1. The van der Waals surface area contributed by atoms with Gasteiger partial charge in [0, 0.05) is 0 Å². The van der Waals surface area contributed by atoms with Crippen LogP contribution in [0.3, 0.4) is 0 Å². The first-order valence-corrected chi connectivity index (χ1v) is 2.76. The van der Waals surface area contributed by atoms with Crippen LogP contribution in [0.4, 0.5) is 0 Å². The highest BCUT2D eigenvalue weighted by atomic mass is 16.3. The lowest BCUT2D eigenvalue weighted by Gasteiger charge is -2.30. The molecular weight excluding hydrogens is 102 g/mol. The van der Waals surface area contributed by atoms with Crippen molar-refractivity contribution in [3.05, 3.63) is 0 Å². The second kappa shape index (κ2) is 3.87. The lowest BCUT2D eigenvalue weighted by Crippen LogP contribution is -2.35. The molecule has 52 valence electrons. The highest BCUT2D eigenvalue weighted by Crippen LogP contribution is 2.04. The third kappa shape index (κ3) is 9.33. The van der Waals surface area contributed by atoms with Crippen LogP contribution in [0, 0.1) is 0 Å². The molecule has 0 amide bonds. The van der Waals surface area contributed by atoms with Gasteiger partial charge in [-0.15, -0.1) is 5.60 Å². The molecule has 0 aromatic carbocycles. The van der Waals surface area contributed by atoms with Gasteiger partial charge in [-0.1, -0.05) is 33.6 Å². The van der Waals surface area contributed by atoms with Gasteiger partial charge in [0.05, 0.1) is 0 Å². The molecule has 0 saturated carbocycles. The lowest BCUT2D eigenvalue weighted by molar-refractivity contribution is -0.467. The summed E-state index contributed by atoms with van der Waals surface area (Å²) in [6, 6.07) is 0. The minimum Gasteiger partial charge on any atom is -0.850 e. The maximum atomic E-state index is 10.7. The molecule has 4 N–H and O–H groups in total. The first-order valence-electron chi connectivity index (χ1n) is 2.76. The summed E-state index contributed by atoms with van der Waals surface area (Å²) in [6.45, 7) is 5.46. The average molecular weight is 119 g/mol. The minimum absolute atomic E-state index is 0. The van der Waals surface area contributed by atoms with Gasteiger partial charge in [0.1, 0.15) is 0 Å². The monoisotopic (exact) mass is 119 g/mol. The molecule has 0 aliphatic heterocycles. The normalized spacial score (nSPS) is 10.5. The largest absolute Gasteiger partial charge is 0.850 e. The van der Waals surface area contributed by atoms with Gasteiger partial charge in [-0.2, -0.15) is 0 Å². The maximum Gasteiger partial charge on any atom is -0.0570 e. The molecule has 8 heavy (non-hydrogen) atoms. The molecule has 0 aliphatic rings. The summed E-state index contributed by atoms with van der Waals surface area (Å²) < 4.78 is 0. The van der Waals surface area contributed by atoms with Gasteiger partial charge >= 0.3 is 0 Å². The van der Waals surface area contributed by atoms with E-state index < -0.39 is 5.60 Å². The van der Waals surface area contributed by atoms with E-state index in [2.05, 4.69) is 0 Å². The fourth-order valence-corrected chi connectivity index (χ4v) is 0.602. The van der Waals surface area contributed by atoms with Crippen molar-refractivity contribution in [1.82, 2.24) is 6.15 Å². The third-order valence-corrected chi connectivity index (χ3v) is 0.852. The Balaban J connectivity index is 0. The summed E-state index contributed by atoms with van der Waals surface area (Å²) in [5, 5.41) is 10.7. The summed E-state index contributed by atoms with van der Waals surface area (Å²) in [7, 11) is 0. The van der Waals surface area contributed by atoms with Crippen LogP contribution in [-0.2, 0) is 0 Å². The molecule has 0 rings (SSSR count). The predicted octanol–water partition coefficient (Wildman–Crippen LogP) is 1.30. The molecule has 0 bridgehead atoms. The zero-order chi connectivity index (χ0) is 5.91. The second-order valence-corrected chi connectivity index (χ2v) is 2.51. The smallest absolute Gasteiger partial charge is 0.0570 e. The molecule has 0 heterocycles. The zero-order valence-corrected chi connectivity index (χ0v) is 6.32. The lowest BCUT2D eigenvalue weighted by atomic mass is 10.0. The molecule has 0 aromatic rings. The van der Waals surface area contributed by atoms with E-state index in [1.807, 2.05) is 6.92 Å². The summed E-state index contributed by atoms with van der Waals surface area (Å²) >= 11 is 0. The molecule has 0 radical (unpaired) electrons. The summed E-state index contributed by atoms with van der Waals surface area (Å²) in [4.78, 5) is 0. The van der Waals surface area contributed by atoms with Crippen molar-refractivity contribution in [3.63, 3.8) is 0 Å². The van der Waals surface area contributed by atoms with E-state index in [9.17, 15) is 5.11 Å².